The van der Waals surface area contributed by atoms with Gasteiger partial charge in [-0.05, 0) is 17.7 Å². The van der Waals surface area contributed by atoms with Crippen molar-refractivity contribution in [3.05, 3.63) is 34.3 Å². The molecule has 102 valence electrons. The monoisotopic (exact) mass is 329 g/mol. The van der Waals surface area contributed by atoms with Crippen molar-refractivity contribution in [3.63, 3.8) is 0 Å². The Morgan fingerprint density at radius 2 is 1.94 bits per heavy atom. The highest BCUT2D eigenvalue weighted by atomic mass is 79.9. The lowest BCUT2D eigenvalue weighted by atomic mass is 9.86. The quantitative estimate of drug-likeness (QED) is 0.834. The summed E-state index contributed by atoms with van der Waals surface area (Å²) in [6.45, 7) is -1.20. The first-order valence-corrected chi connectivity index (χ1v) is 5.84. The van der Waals surface area contributed by atoms with Crippen LogP contribution in [0.5, 0.6) is 0 Å². The van der Waals surface area contributed by atoms with Crippen LogP contribution in [-0.2, 0) is 5.54 Å². The average molecular weight is 330 g/mol. The van der Waals surface area contributed by atoms with E-state index in [4.69, 9.17) is 10.8 Å². The minimum atomic E-state index is -4.81. The van der Waals surface area contributed by atoms with Crippen LogP contribution in [0.25, 0.3) is 0 Å². The minimum absolute atomic E-state index is 0.197. The van der Waals surface area contributed by atoms with Crippen LogP contribution in [-0.4, -0.2) is 24.1 Å². The second-order valence-electron chi connectivity index (χ2n) is 4.06. The van der Waals surface area contributed by atoms with Crippen molar-refractivity contribution in [3.8, 4) is 0 Å². The molecule has 18 heavy (non-hydrogen) atoms. The molecule has 0 saturated heterocycles. The standard InChI is InChI=1S/C11H12BrF4NO/c12-8-3-1-2-7(4-8)10(17,6-13)5-9(18)11(14,15)16/h1-4,9,18H,5-6,17H2. The van der Waals surface area contributed by atoms with E-state index < -0.39 is 30.9 Å². The van der Waals surface area contributed by atoms with Gasteiger partial charge in [0.2, 0.25) is 0 Å². The lowest BCUT2D eigenvalue weighted by Crippen LogP contribution is -2.45. The third-order valence-electron chi connectivity index (χ3n) is 2.57. The topological polar surface area (TPSA) is 46.2 Å². The van der Waals surface area contributed by atoms with E-state index in [0.29, 0.717) is 4.47 Å². The largest absolute Gasteiger partial charge is 0.414 e. The number of aliphatic hydroxyl groups excluding tert-OH is 1. The highest BCUT2D eigenvalue weighted by Crippen LogP contribution is 2.32. The molecule has 2 nitrogen and oxygen atoms in total. The van der Waals surface area contributed by atoms with Gasteiger partial charge in [0, 0.05) is 10.9 Å². The molecule has 0 amide bonds. The molecule has 0 saturated carbocycles. The molecule has 0 aliphatic carbocycles. The van der Waals surface area contributed by atoms with Gasteiger partial charge in [-0.3, -0.25) is 0 Å². The summed E-state index contributed by atoms with van der Waals surface area (Å²) in [5, 5.41) is 9.00. The van der Waals surface area contributed by atoms with Crippen LogP contribution in [0.2, 0.25) is 0 Å². The van der Waals surface area contributed by atoms with Gasteiger partial charge in [0.1, 0.15) is 6.67 Å². The third kappa shape index (κ3) is 3.66. The van der Waals surface area contributed by atoms with E-state index in [9.17, 15) is 17.6 Å². The molecule has 0 heterocycles. The van der Waals surface area contributed by atoms with E-state index in [0.717, 1.165) is 0 Å². The summed E-state index contributed by atoms with van der Waals surface area (Å²) >= 11 is 3.13. The zero-order chi connectivity index (χ0) is 14.0. The molecule has 0 aromatic heterocycles. The summed E-state index contributed by atoms with van der Waals surface area (Å²) in [5.74, 6) is 0. The fourth-order valence-electron chi connectivity index (χ4n) is 1.51. The molecule has 2 atom stereocenters. The molecule has 1 aromatic carbocycles. The van der Waals surface area contributed by atoms with E-state index in [1.807, 2.05) is 0 Å². The Labute approximate surface area is 110 Å². The Kier molecular flexibility index (Phi) is 4.74. The summed E-state index contributed by atoms with van der Waals surface area (Å²) in [4.78, 5) is 0. The second-order valence-corrected chi connectivity index (χ2v) is 4.98. The Hall–Kier alpha value is -0.660. The fraction of sp³-hybridized carbons (Fsp3) is 0.455. The lowest BCUT2D eigenvalue weighted by molar-refractivity contribution is -0.210. The predicted octanol–water partition coefficient (Wildman–Crippen LogP) is 2.89. The Bertz CT molecular complexity index is 412. The van der Waals surface area contributed by atoms with Crippen LogP contribution < -0.4 is 5.73 Å². The van der Waals surface area contributed by atoms with Gasteiger partial charge < -0.3 is 10.8 Å². The Balaban J connectivity index is 2.99. The SMILES string of the molecule is NC(CF)(CC(O)C(F)(F)F)c1cccc(Br)c1. The molecule has 0 fully saturated rings. The highest BCUT2D eigenvalue weighted by Gasteiger charge is 2.43. The van der Waals surface area contributed by atoms with E-state index in [1.165, 1.54) is 18.2 Å². The number of alkyl halides is 4. The first-order chi connectivity index (χ1) is 8.19. The molecule has 2 unspecified atom stereocenters. The summed E-state index contributed by atoms with van der Waals surface area (Å²) in [6.07, 6.45) is -8.40. The molecule has 1 aromatic rings. The first-order valence-electron chi connectivity index (χ1n) is 5.05. The van der Waals surface area contributed by atoms with Crippen molar-refractivity contribution in [1.29, 1.82) is 0 Å². The zero-order valence-electron chi connectivity index (χ0n) is 9.22. The van der Waals surface area contributed by atoms with E-state index in [-0.39, 0.29) is 5.56 Å². The summed E-state index contributed by atoms with van der Waals surface area (Å²) in [7, 11) is 0. The number of aliphatic hydroxyl groups is 1. The van der Waals surface area contributed by atoms with Gasteiger partial charge in [0.15, 0.2) is 6.10 Å². The fourth-order valence-corrected chi connectivity index (χ4v) is 1.91. The Morgan fingerprint density at radius 1 is 1.33 bits per heavy atom. The molecule has 0 bridgehead atoms. The molecule has 0 aliphatic heterocycles. The van der Waals surface area contributed by atoms with Crippen LogP contribution >= 0.6 is 15.9 Å². The molecular weight excluding hydrogens is 318 g/mol. The van der Waals surface area contributed by atoms with E-state index in [2.05, 4.69) is 15.9 Å². The molecule has 0 spiro atoms. The van der Waals surface area contributed by atoms with Crippen LogP contribution in [0.4, 0.5) is 17.6 Å². The summed E-state index contributed by atoms with van der Waals surface area (Å²) in [5.41, 5.74) is 3.96. The maximum Gasteiger partial charge on any atom is 0.414 e. The van der Waals surface area contributed by atoms with Crippen LogP contribution in [0.3, 0.4) is 0 Å². The smallest absolute Gasteiger partial charge is 0.384 e. The van der Waals surface area contributed by atoms with Crippen molar-refractivity contribution < 1.29 is 22.7 Å². The first kappa shape index (κ1) is 15.4. The third-order valence-corrected chi connectivity index (χ3v) is 3.07. The maximum absolute atomic E-state index is 13.0. The van der Waals surface area contributed by atoms with E-state index >= 15 is 0 Å². The van der Waals surface area contributed by atoms with Crippen LogP contribution in [0.15, 0.2) is 28.7 Å². The van der Waals surface area contributed by atoms with Crippen molar-refractivity contribution in [2.75, 3.05) is 6.67 Å². The van der Waals surface area contributed by atoms with Gasteiger partial charge in [-0.25, -0.2) is 4.39 Å². The number of benzene rings is 1. The van der Waals surface area contributed by atoms with Gasteiger partial charge in [0.25, 0.3) is 0 Å². The number of nitrogens with two attached hydrogens (primary N) is 1. The second kappa shape index (κ2) is 5.54. The molecule has 0 aliphatic rings. The zero-order valence-corrected chi connectivity index (χ0v) is 10.8. The van der Waals surface area contributed by atoms with Crippen molar-refractivity contribution in [2.24, 2.45) is 5.73 Å². The molecular formula is C11H12BrF4NO. The van der Waals surface area contributed by atoms with Gasteiger partial charge in [-0.2, -0.15) is 13.2 Å². The lowest BCUT2D eigenvalue weighted by Gasteiger charge is -2.30. The summed E-state index contributed by atoms with van der Waals surface area (Å²) in [6, 6.07) is 6.04. The van der Waals surface area contributed by atoms with Crippen LogP contribution in [0.1, 0.15) is 12.0 Å². The maximum atomic E-state index is 13.0. The molecule has 1 rings (SSSR count). The minimum Gasteiger partial charge on any atom is -0.384 e. The normalized spacial score (nSPS) is 17.3. The van der Waals surface area contributed by atoms with Gasteiger partial charge >= 0.3 is 6.18 Å². The van der Waals surface area contributed by atoms with Crippen molar-refractivity contribution >= 4 is 15.9 Å². The van der Waals surface area contributed by atoms with Crippen molar-refractivity contribution in [1.82, 2.24) is 0 Å². The van der Waals surface area contributed by atoms with Gasteiger partial charge in [-0.1, -0.05) is 28.1 Å². The van der Waals surface area contributed by atoms with Crippen molar-refractivity contribution in [2.45, 2.75) is 24.2 Å². The van der Waals surface area contributed by atoms with E-state index in [1.54, 1.807) is 6.07 Å². The number of rotatable bonds is 4. The number of hydrogen-bond donors (Lipinski definition) is 2. The summed E-state index contributed by atoms with van der Waals surface area (Å²) < 4.78 is 50.4. The molecule has 0 radical (unpaired) electrons. The average Bonchev–Trinajstić information content (AvgIpc) is 2.27. The number of hydrogen-bond acceptors (Lipinski definition) is 2. The predicted molar refractivity (Wildman–Crippen MR) is 62.7 cm³/mol. The molecule has 3 N–H and O–H groups in total. The molecule has 7 heteroatoms. The van der Waals surface area contributed by atoms with Crippen LogP contribution in [0, 0.1) is 0 Å². The number of halogens is 5. The Morgan fingerprint density at radius 3 is 2.39 bits per heavy atom. The van der Waals surface area contributed by atoms with Gasteiger partial charge in [0.05, 0.1) is 5.54 Å². The highest BCUT2D eigenvalue weighted by molar-refractivity contribution is 9.10. The van der Waals surface area contributed by atoms with Gasteiger partial charge in [-0.15, -0.1) is 0 Å².